The smallest absolute Gasteiger partial charge is 0.263 e. The standard InChI is InChI=1S/C15H24F2N2/c1-11(2)14(19(3)4)10-18-9-12-5-7-13(8-6-12)15(16)17/h5-8,11,14-15,18H,9-10H2,1-4H3. The Balaban J connectivity index is 2.44. The van der Waals surface area contributed by atoms with Crippen LogP contribution in [0.1, 0.15) is 31.4 Å². The molecule has 0 saturated heterocycles. The molecule has 108 valence electrons. The van der Waals surface area contributed by atoms with Gasteiger partial charge in [0.1, 0.15) is 0 Å². The minimum absolute atomic E-state index is 0.0806. The minimum Gasteiger partial charge on any atom is -0.311 e. The van der Waals surface area contributed by atoms with Gasteiger partial charge in [0.15, 0.2) is 0 Å². The SMILES string of the molecule is CC(C)C(CNCc1ccc(C(F)F)cc1)N(C)C. The highest BCUT2D eigenvalue weighted by Crippen LogP contribution is 2.18. The molecular formula is C15H24F2N2. The summed E-state index contributed by atoms with van der Waals surface area (Å²) in [6.07, 6.45) is -2.39. The number of alkyl halides is 2. The van der Waals surface area contributed by atoms with E-state index in [-0.39, 0.29) is 5.56 Å². The van der Waals surface area contributed by atoms with Crippen LogP contribution >= 0.6 is 0 Å². The largest absolute Gasteiger partial charge is 0.311 e. The van der Waals surface area contributed by atoms with Gasteiger partial charge in [0.2, 0.25) is 0 Å². The van der Waals surface area contributed by atoms with E-state index in [1.165, 1.54) is 12.1 Å². The normalized spacial score (nSPS) is 13.5. The Labute approximate surface area is 114 Å². The lowest BCUT2D eigenvalue weighted by molar-refractivity contribution is 0.151. The molecule has 0 radical (unpaired) electrons. The van der Waals surface area contributed by atoms with Crippen molar-refractivity contribution in [2.75, 3.05) is 20.6 Å². The van der Waals surface area contributed by atoms with Gasteiger partial charge in [-0.1, -0.05) is 38.1 Å². The Morgan fingerprint density at radius 3 is 2.11 bits per heavy atom. The Hall–Kier alpha value is -1.00. The molecular weight excluding hydrogens is 246 g/mol. The lowest BCUT2D eigenvalue weighted by Crippen LogP contribution is -2.41. The molecule has 0 heterocycles. The fourth-order valence-electron chi connectivity index (χ4n) is 2.16. The average molecular weight is 270 g/mol. The average Bonchev–Trinajstić information content (AvgIpc) is 2.34. The van der Waals surface area contributed by atoms with Crippen LogP contribution < -0.4 is 5.32 Å². The predicted octanol–water partition coefficient (Wildman–Crippen LogP) is 3.30. The second kappa shape index (κ2) is 7.56. The third kappa shape index (κ3) is 5.25. The van der Waals surface area contributed by atoms with E-state index in [0.717, 1.165) is 12.1 Å². The molecule has 1 atom stereocenters. The molecule has 19 heavy (non-hydrogen) atoms. The van der Waals surface area contributed by atoms with Crippen molar-refractivity contribution in [2.45, 2.75) is 32.9 Å². The van der Waals surface area contributed by atoms with E-state index in [1.54, 1.807) is 12.1 Å². The molecule has 4 heteroatoms. The molecule has 0 spiro atoms. The summed E-state index contributed by atoms with van der Waals surface area (Å²) in [7, 11) is 4.15. The number of nitrogens with zero attached hydrogens (tertiary/aromatic N) is 1. The van der Waals surface area contributed by atoms with Gasteiger partial charge in [-0.2, -0.15) is 0 Å². The van der Waals surface area contributed by atoms with Crippen LogP contribution in [-0.2, 0) is 6.54 Å². The zero-order valence-corrected chi connectivity index (χ0v) is 12.2. The molecule has 0 aromatic heterocycles. The molecule has 0 aliphatic heterocycles. The van der Waals surface area contributed by atoms with Gasteiger partial charge in [-0.15, -0.1) is 0 Å². The Bertz CT molecular complexity index is 353. The molecule has 1 N–H and O–H groups in total. The van der Waals surface area contributed by atoms with Gasteiger partial charge in [0, 0.05) is 24.7 Å². The van der Waals surface area contributed by atoms with Crippen molar-refractivity contribution >= 4 is 0 Å². The molecule has 1 rings (SSSR count). The van der Waals surface area contributed by atoms with Crippen LogP contribution in [0.3, 0.4) is 0 Å². The first kappa shape index (κ1) is 16.1. The van der Waals surface area contributed by atoms with Gasteiger partial charge in [-0.3, -0.25) is 0 Å². The van der Waals surface area contributed by atoms with Gasteiger partial charge >= 0.3 is 0 Å². The van der Waals surface area contributed by atoms with Crippen LogP contribution in [-0.4, -0.2) is 31.6 Å². The fourth-order valence-corrected chi connectivity index (χ4v) is 2.16. The predicted molar refractivity (Wildman–Crippen MR) is 75.4 cm³/mol. The van der Waals surface area contributed by atoms with Gasteiger partial charge in [-0.05, 0) is 25.6 Å². The lowest BCUT2D eigenvalue weighted by atomic mass is 10.0. The maximum atomic E-state index is 12.4. The van der Waals surface area contributed by atoms with Crippen LogP contribution in [0.4, 0.5) is 8.78 Å². The summed E-state index contributed by atoms with van der Waals surface area (Å²) in [4.78, 5) is 2.21. The Morgan fingerprint density at radius 2 is 1.68 bits per heavy atom. The van der Waals surface area contributed by atoms with Crippen LogP contribution in [0, 0.1) is 5.92 Å². The molecule has 0 amide bonds. The maximum Gasteiger partial charge on any atom is 0.263 e. The van der Waals surface area contributed by atoms with Gasteiger partial charge in [0.05, 0.1) is 0 Å². The van der Waals surface area contributed by atoms with E-state index in [0.29, 0.717) is 18.5 Å². The van der Waals surface area contributed by atoms with Crippen LogP contribution in [0.25, 0.3) is 0 Å². The summed E-state index contributed by atoms with van der Waals surface area (Å²) in [5.41, 5.74) is 1.11. The molecule has 0 saturated carbocycles. The number of halogens is 2. The van der Waals surface area contributed by atoms with E-state index in [9.17, 15) is 8.78 Å². The first-order valence-electron chi connectivity index (χ1n) is 6.66. The number of likely N-dealkylation sites (N-methyl/N-ethyl adjacent to an activating group) is 1. The maximum absolute atomic E-state index is 12.4. The first-order valence-corrected chi connectivity index (χ1v) is 6.66. The third-order valence-corrected chi connectivity index (χ3v) is 3.35. The topological polar surface area (TPSA) is 15.3 Å². The highest BCUT2D eigenvalue weighted by molar-refractivity contribution is 5.23. The highest BCUT2D eigenvalue weighted by atomic mass is 19.3. The quantitative estimate of drug-likeness (QED) is 0.818. The summed E-state index contributed by atoms with van der Waals surface area (Å²) in [6, 6.07) is 6.98. The summed E-state index contributed by atoms with van der Waals surface area (Å²) in [6.45, 7) is 6.00. The number of benzene rings is 1. The number of hydrogen-bond donors (Lipinski definition) is 1. The molecule has 1 aromatic carbocycles. The van der Waals surface area contributed by atoms with Crippen molar-refractivity contribution in [3.05, 3.63) is 35.4 Å². The first-order chi connectivity index (χ1) is 8.91. The van der Waals surface area contributed by atoms with Crippen molar-refractivity contribution in [1.29, 1.82) is 0 Å². The van der Waals surface area contributed by atoms with E-state index < -0.39 is 6.43 Å². The number of hydrogen-bond acceptors (Lipinski definition) is 2. The molecule has 1 unspecified atom stereocenters. The van der Waals surface area contributed by atoms with Crippen LogP contribution in [0.15, 0.2) is 24.3 Å². The summed E-state index contributed by atoms with van der Waals surface area (Å²) >= 11 is 0. The Morgan fingerprint density at radius 1 is 1.11 bits per heavy atom. The molecule has 2 nitrogen and oxygen atoms in total. The van der Waals surface area contributed by atoms with Gasteiger partial charge in [0.25, 0.3) is 6.43 Å². The highest BCUT2D eigenvalue weighted by Gasteiger charge is 2.14. The number of rotatable bonds is 7. The van der Waals surface area contributed by atoms with E-state index in [2.05, 4.69) is 38.2 Å². The van der Waals surface area contributed by atoms with E-state index >= 15 is 0 Å². The zero-order valence-electron chi connectivity index (χ0n) is 12.2. The van der Waals surface area contributed by atoms with Crippen molar-refractivity contribution < 1.29 is 8.78 Å². The van der Waals surface area contributed by atoms with Crippen LogP contribution in [0.2, 0.25) is 0 Å². The molecule has 0 bridgehead atoms. The second-order valence-corrected chi connectivity index (χ2v) is 5.45. The molecule has 1 aromatic rings. The second-order valence-electron chi connectivity index (χ2n) is 5.45. The zero-order chi connectivity index (χ0) is 14.4. The Kier molecular flexibility index (Phi) is 6.38. The van der Waals surface area contributed by atoms with Gasteiger partial charge in [-0.25, -0.2) is 8.78 Å². The third-order valence-electron chi connectivity index (χ3n) is 3.35. The van der Waals surface area contributed by atoms with Crippen molar-refractivity contribution in [1.82, 2.24) is 10.2 Å². The van der Waals surface area contributed by atoms with E-state index in [1.807, 2.05) is 0 Å². The lowest BCUT2D eigenvalue weighted by Gasteiger charge is -2.28. The molecule has 0 fully saturated rings. The summed E-state index contributed by atoms with van der Waals surface area (Å²) < 4.78 is 24.8. The summed E-state index contributed by atoms with van der Waals surface area (Å²) in [5.74, 6) is 0.573. The molecule has 0 aliphatic rings. The monoisotopic (exact) mass is 270 g/mol. The fraction of sp³-hybridized carbons (Fsp3) is 0.600. The summed E-state index contributed by atoms with van der Waals surface area (Å²) in [5, 5.41) is 3.38. The van der Waals surface area contributed by atoms with Gasteiger partial charge < -0.3 is 10.2 Å². The van der Waals surface area contributed by atoms with E-state index in [4.69, 9.17) is 0 Å². The van der Waals surface area contributed by atoms with Crippen molar-refractivity contribution in [2.24, 2.45) is 5.92 Å². The van der Waals surface area contributed by atoms with Crippen LogP contribution in [0.5, 0.6) is 0 Å². The van der Waals surface area contributed by atoms with Crippen molar-refractivity contribution in [3.63, 3.8) is 0 Å². The minimum atomic E-state index is -2.39. The number of nitrogens with one attached hydrogen (secondary N) is 1. The molecule has 0 aliphatic carbocycles. The van der Waals surface area contributed by atoms with Crippen molar-refractivity contribution in [3.8, 4) is 0 Å².